The molecule has 6 nitrogen and oxygen atoms in total. The summed E-state index contributed by atoms with van der Waals surface area (Å²) in [6, 6.07) is 12.6. The van der Waals surface area contributed by atoms with Crippen molar-refractivity contribution in [2.75, 3.05) is 24.0 Å². The van der Waals surface area contributed by atoms with E-state index in [2.05, 4.69) is 26.7 Å². The first kappa shape index (κ1) is 21.1. The van der Waals surface area contributed by atoms with Crippen molar-refractivity contribution in [3.63, 3.8) is 0 Å². The summed E-state index contributed by atoms with van der Waals surface area (Å²) < 4.78 is 12.3. The Morgan fingerprint density at radius 1 is 1.07 bits per heavy atom. The van der Waals surface area contributed by atoms with E-state index in [4.69, 9.17) is 23.2 Å². The highest BCUT2D eigenvalue weighted by Gasteiger charge is 2.14. The highest BCUT2D eigenvalue weighted by molar-refractivity contribution is 7.70. The van der Waals surface area contributed by atoms with Crippen LogP contribution in [-0.4, -0.2) is 23.3 Å². The first-order chi connectivity index (χ1) is 13.7. The van der Waals surface area contributed by atoms with Gasteiger partial charge >= 0.3 is 0 Å². The first-order valence-corrected chi connectivity index (χ1v) is 12.0. The minimum absolute atomic E-state index is 0.305. The van der Waals surface area contributed by atoms with Gasteiger partial charge < -0.3 is 15.2 Å². The van der Waals surface area contributed by atoms with Crippen molar-refractivity contribution in [1.82, 2.24) is 9.97 Å². The quantitative estimate of drug-likeness (QED) is 0.489. The van der Waals surface area contributed by atoms with Crippen molar-refractivity contribution in [1.29, 1.82) is 5.26 Å². The van der Waals surface area contributed by atoms with Crippen LogP contribution in [-0.2, 0) is 4.57 Å². The Kier molecular flexibility index (Phi) is 6.14. The third kappa shape index (κ3) is 5.07. The molecule has 3 rings (SSSR count). The van der Waals surface area contributed by atoms with Gasteiger partial charge in [-0.1, -0.05) is 23.2 Å². The number of rotatable bonds is 5. The van der Waals surface area contributed by atoms with E-state index in [0.717, 1.165) is 16.6 Å². The van der Waals surface area contributed by atoms with Crippen LogP contribution in [0.2, 0.25) is 10.0 Å². The van der Waals surface area contributed by atoms with E-state index in [1.165, 1.54) is 6.20 Å². The Bertz CT molecular complexity index is 1170. The van der Waals surface area contributed by atoms with Crippen LogP contribution in [0.25, 0.3) is 0 Å². The van der Waals surface area contributed by atoms with Crippen LogP contribution >= 0.6 is 30.3 Å². The molecule has 0 aliphatic heterocycles. The minimum atomic E-state index is -2.33. The van der Waals surface area contributed by atoms with Gasteiger partial charge in [0.1, 0.15) is 18.2 Å². The molecule has 29 heavy (non-hydrogen) atoms. The molecule has 2 N–H and O–H groups in total. The summed E-state index contributed by atoms with van der Waals surface area (Å²) in [5.74, 6) is 0.681. The van der Waals surface area contributed by atoms with Crippen molar-refractivity contribution >= 4 is 58.8 Å². The fraction of sp³-hybridized carbons (Fsp3) is 0.150. The molecule has 0 amide bonds. The number of aromatic nitrogens is 2. The lowest BCUT2D eigenvalue weighted by atomic mass is 10.2. The van der Waals surface area contributed by atoms with Gasteiger partial charge in [0.25, 0.3) is 0 Å². The Morgan fingerprint density at radius 2 is 1.79 bits per heavy atom. The third-order valence-corrected chi connectivity index (χ3v) is 6.21. The van der Waals surface area contributed by atoms with E-state index in [9.17, 15) is 9.83 Å². The maximum Gasteiger partial charge on any atom is 0.229 e. The predicted molar refractivity (Wildman–Crippen MR) is 120 cm³/mol. The second kappa shape index (κ2) is 8.42. The second-order valence-corrected chi connectivity index (χ2v) is 10.9. The lowest BCUT2D eigenvalue weighted by molar-refractivity contribution is 0.588. The van der Waals surface area contributed by atoms with Crippen LogP contribution in [0.1, 0.15) is 11.1 Å². The molecule has 0 atom stereocenters. The largest absolute Gasteiger partial charge is 0.338 e. The number of nitrogens with zero attached hydrogens (tertiary/aromatic N) is 3. The maximum atomic E-state index is 12.3. The highest BCUT2D eigenvalue weighted by Crippen LogP contribution is 2.36. The lowest BCUT2D eigenvalue weighted by Crippen LogP contribution is -2.07. The molecular formula is C20H18Cl2N5OP. The second-order valence-electron chi connectivity index (χ2n) is 6.79. The normalized spacial score (nSPS) is 11.0. The average Bonchev–Trinajstić information content (AvgIpc) is 2.66. The van der Waals surface area contributed by atoms with Gasteiger partial charge in [0.2, 0.25) is 5.95 Å². The number of benzene rings is 2. The summed E-state index contributed by atoms with van der Waals surface area (Å²) in [7, 11) is -2.33. The molecule has 0 saturated carbocycles. The van der Waals surface area contributed by atoms with Crippen LogP contribution in [0.3, 0.4) is 0 Å². The van der Waals surface area contributed by atoms with Gasteiger partial charge in [0, 0.05) is 16.0 Å². The summed E-state index contributed by atoms with van der Waals surface area (Å²) in [5.41, 5.74) is 2.62. The Morgan fingerprint density at radius 3 is 2.45 bits per heavy atom. The van der Waals surface area contributed by atoms with E-state index in [1.54, 1.807) is 31.5 Å². The molecule has 9 heteroatoms. The molecule has 0 fully saturated rings. The zero-order chi connectivity index (χ0) is 21.2. The van der Waals surface area contributed by atoms with Crippen LogP contribution < -0.4 is 15.9 Å². The summed E-state index contributed by atoms with van der Waals surface area (Å²) in [4.78, 5) is 8.62. The molecule has 0 unspecified atom stereocenters. The van der Waals surface area contributed by atoms with Gasteiger partial charge in [-0.2, -0.15) is 10.2 Å². The standard InChI is InChI=1S/C20H18Cl2N5OP/c1-12-8-15(29(2,3)28)5-7-17(12)26-20-24-11-16(22)19(27-20)25-18-6-4-14(21)9-13(18)10-23/h4-9,11H,1-3H3,(H2,24,25,26,27). The molecule has 0 radical (unpaired) electrons. The topological polar surface area (TPSA) is 90.7 Å². The zero-order valence-electron chi connectivity index (χ0n) is 16.0. The van der Waals surface area contributed by atoms with E-state index >= 15 is 0 Å². The molecule has 1 heterocycles. The maximum absolute atomic E-state index is 12.3. The fourth-order valence-corrected chi connectivity index (χ4v) is 3.85. The molecule has 2 aromatic carbocycles. The lowest BCUT2D eigenvalue weighted by Gasteiger charge is -2.14. The van der Waals surface area contributed by atoms with Gasteiger partial charge in [-0.25, -0.2) is 4.98 Å². The first-order valence-electron chi connectivity index (χ1n) is 8.60. The van der Waals surface area contributed by atoms with Crippen LogP contribution in [0.5, 0.6) is 0 Å². The monoisotopic (exact) mass is 445 g/mol. The molecule has 0 aliphatic carbocycles. The molecular weight excluding hydrogens is 428 g/mol. The minimum Gasteiger partial charge on any atom is -0.338 e. The van der Waals surface area contributed by atoms with Gasteiger partial charge in [0.05, 0.1) is 17.4 Å². The predicted octanol–water partition coefficient (Wildman–Crippen LogP) is 5.70. The Balaban J connectivity index is 1.89. The van der Waals surface area contributed by atoms with Crippen LogP contribution in [0.15, 0.2) is 42.6 Å². The molecule has 1 aromatic heterocycles. The number of aryl methyl sites for hydroxylation is 1. The number of nitrogens with one attached hydrogen (secondary N) is 2. The van der Waals surface area contributed by atoms with Crippen molar-refractivity contribution in [3.8, 4) is 6.07 Å². The van der Waals surface area contributed by atoms with Gasteiger partial charge in [-0.3, -0.25) is 0 Å². The van der Waals surface area contributed by atoms with Crippen molar-refractivity contribution in [3.05, 3.63) is 63.8 Å². The van der Waals surface area contributed by atoms with E-state index < -0.39 is 7.14 Å². The molecule has 3 aromatic rings. The van der Waals surface area contributed by atoms with Crippen LogP contribution in [0.4, 0.5) is 23.1 Å². The summed E-state index contributed by atoms with van der Waals surface area (Å²) in [6.07, 6.45) is 1.47. The van der Waals surface area contributed by atoms with E-state index in [1.807, 2.05) is 25.1 Å². The fourth-order valence-electron chi connectivity index (χ4n) is 2.60. The Labute approximate surface area is 179 Å². The summed E-state index contributed by atoms with van der Waals surface area (Å²) >= 11 is 12.2. The van der Waals surface area contributed by atoms with Crippen molar-refractivity contribution < 1.29 is 4.57 Å². The smallest absolute Gasteiger partial charge is 0.229 e. The number of hydrogen-bond acceptors (Lipinski definition) is 6. The number of halogens is 2. The third-order valence-electron chi connectivity index (χ3n) is 4.18. The van der Waals surface area contributed by atoms with E-state index in [-0.39, 0.29) is 0 Å². The van der Waals surface area contributed by atoms with Gasteiger partial charge in [0.15, 0.2) is 5.82 Å². The summed E-state index contributed by atoms with van der Waals surface area (Å²) in [6.45, 7) is 5.40. The van der Waals surface area contributed by atoms with Crippen molar-refractivity contribution in [2.45, 2.75) is 6.92 Å². The number of nitriles is 1. The SMILES string of the molecule is Cc1cc(P(C)(C)=O)ccc1Nc1ncc(Cl)c(Nc2ccc(Cl)cc2C#N)n1. The van der Waals surface area contributed by atoms with Crippen LogP contribution in [0, 0.1) is 18.3 Å². The van der Waals surface area contributed by atoms with Gasteiger partial charge in [-0.05, 0) is 62.2 Å². The molecule has 0 aliphatic rings. The van der Waals surface area contributed by atoms with Gasteiger partial charge in [-0.15, -0.1) is 0 Å². The molecule has 0 spiro atoms. The van der Waals surface area contributed by atoms with Crippen molar-refractivity contribution in [2.24, 2.45) is 0 Å². The average molecular weight is 446 g/mol. The number of hydrogen-bond donors (Lipinski definition) is 2. The number of anilines is 4. The Hall–Kier alpha value is -2.58. The molecule has 148 valence electrons. The molecule has 0 bridgehead atoms. The zero-order valence-corrected chi connectivity index (χ0v) is 18.4. The highest BCUT2D eigenvalue weighted by atomic mass is 35.5. The molecule has 0 saturated heterocycles. The van der Waals surface area contributed by atoms with E-state index in [0.29, 0.717) is 33.1 Å². The summed E-state index contributed by atoms with van der Waals surface area (Å²) in [5, 5.41) is 17.1.